The summed E-state index contributed by atoms with van der Waals surface area (Å²) < 4.78 is 0. The van der Waals surface area contributed by atoms with Crippen LogP contribution in [-0.2, 0) is 17.8 Å². The van der Waals surface area contributed by atoms with Crippen LogP contribution in [0.25, 0.3) is 21.8 Å². The zero-order chi connectivity index (χ0) is 25.9. The molecule has 0 spiro atoms. The van der Waals surface area contributed by atoms with Crippen LogP contribution in [0.2, 0.25) is 0 Å². The molecular formula is C28H28N8O2. The van der Waals surface area contributed by atoms with E-state index in [0.717, 1.165) is 59.5 Å². The van der Waals surface area contributed by atoms with Crippen molar-refractivity contribution in [3.8, 4) is 0 Å². The van der Waals surface area contributed by atoms with Crippen molar-refractivity contribution in [3.05, 3.63) is 84.6 Å². The first-order valence-electron chi connectivity index (χ1n) is 12.7. The van der Waals surface area contributed by atoms with Crippen LogP contribution >= 0.6 is 0 Å². The average molecular weight is 509 g/mol. The van der Waals surface area contributed by atoms with E-state index in [9.17, 15) is 9.90 Å². The smallest absolute Gasteiger partial charge is 0.326 e. The zero-order valence-corrected chi connectivity index (χ0v) is 20.8. The van der Waals surface area contributed by atoms with Gasteiger partial charge in [-0.3, -0.25) is 4.90 Å². The summed E-state index contributed by atoms with van der Waals surface area (Å²) in [4.78, 5) is 38.3. The van der Waals surface area contributed by atoms with Crippen molar-refractivity contribution >= 4 is 39.5 Å². The Labute approximate surface area is 219 Å². The quantitative estimate of drug-likeness (QED) is 0.290. The van der Waals surface area contributed by atoms with Gasteiger partial charge in [0.15, 0.2) is 0 Å². The van der Waals surface area contributed by atoms with Crippen molar-refractivity contribution < 1.29 is 9.90 Å². The van der Waals surface area contributed by atoms with Crippen molar-refractivity contribution in [1.29, 1.82) is 0 Å². The largest absolute Gasteiger partial charge is 0.480 e. The Morgan fingerprint density at radius 1 is 0.947 bits per heavy atom. The van der Waals surface area contributed by atoms with Crippen molar-refractivity contribution in [3.63, 3.8) is 0 Å². The SMILES string of the molecule is O=C(O)C(Cc1c[nH]c2ccccc12)Nc1nc(CN2CCN(c3ncccn3)CC2)nc2ccccc12. The molecule has 2 aromatic carbocycles. The van der Waals surface area contributed by atoms with E-state index in [4.69, 9.17) is 9.97 Å². The predicted molar refractivity (Wildman–Crippen MR) is 146 cm³/mol. The molecular weight excluding hydrogens is 480 g/mol. The van der Waals surface area contributed by atoms with E-state index in [1.165, 1.54) is 0 Å². The first kappa shape index (κ1) is 23.8. The highest BCUT2D eigenvalue weighted by molar-refractivity contribution is 5.91. The lowest BCUT2D eigenvalue weighted by Crippen LogP contribution is -2.46. The fraction of sp³-hybridized carbons (Fsp3) is 0.250. The summed E-state index contributed by atoms with van der Waals surface area (Å²) in [6.45, 7) is 3.86. The molecule has 0 saturated carbocycles. The van der Waals surface area contributed by atoms with Crippen LogP contribution in [0.4, 0.5) is 11.8 Å². The molecule has 38 heavy (non-hydrogen) atoms. The Morgan fingerprint density at radius 2 is 1.68 bits per heavy atom. The van der Waals surface area contributed by atoms with Gasteiger partial charge in [-0.15, -0.1) is 0 Å². The fourth-order valence-electron chi connectivity index (χ4n) is 4.95. The Morgan fingerprint density at radius 3 is 2.47 bits per heavy atom. The molecule has 0 amide bonds. The van der Waals surface area contributed by atoms with Crippen molar-refractivity contribution in [2.45, 2.75) is 19.0 Å². The average Bonchev–Trinajstić information content (AvgIpc) is 3.36. The van der Waals surface area contributed by atoms with Gasteiger partial charge in [-0.05, 0) is 29.8 Å². The van der Waals surface area contributed by atoms with Crippen molar-refractivity contribution in [2.24, 2.45) is 0 Å². The lowest BCUT2D eigenvalue weighted by Gasteiger charge is -2.34. The third-order valence-corrected chi connectivity index (χ3v) is 6.93. The number of rotatable bonds is 8. The molecule has 3 aromatic heterocycles. The van der Waals surface area contributed by atoms with Gasteiger partial charge in [0, 0.05) is 67.5 Å². The summed E-state index contributed by atoms with van der Waals surface area (Å²) in [7, 11) is 0. The monoisotopic (exact) mass is 508 g/mol. The second-order valence-corrected chi connectivity index (χ2v) is 9.42. The number of carboxylic acid groups (broad SMARTS) is 1. The number of aromatic nitrogens is 5. The number of fused-ring (bicyclic) bond motifs is 2. The van der Waals surface area contributed by atoms with Crippen LogP contribution in [0.15, 0.2) is 73.2 Å². The molecule has 1 fully saturated rings. The second kappa shape index (κ2) is 10.4. The van der Waals surface area contributed by atoms with Crippen LogP contribution in [0, 0.1) is 0 Å². The third-order valence-electron chi connectivity index (χ3n) is 6.93. The molecule has 4 heterocycles. The molecule has 5 aromatic rings. The number of carboxylic acids is 1. The number of nitrogens with one attached hydrogen (secondary N) is 2. The molecule has 6 rings (SSSR count). The molecule has 10 heteroatoms. The fourth-order valence-corrected chi connectivity index (χ4v) is 4.95. The number of H-pyrrole nitrogens is 1. The summed E-state index contributed by atoms with van der Waals surface area (Å²) in [5.41, 5.74) is 2.72. The summed E-state index contributed by atoms with van der Waals surface area (Å²) in [5.74, 6) is 1.01. The number of aromatic amines is 1. The van der Waals surface area contributed by atoms with Crippen molar-refractivity contribution in [1.82, 2.24) is 29.8 Å². The lowest BCUT2D eigenvalue weighted by atomic mass is 10.0. The number of piperazine rings is 1. The van der Waals surface area contributed by atoms with Gasteiger partial charge in [0.25, 0.3) is 0 Å². The van der Waals surface area contributed by atoms with Crippen LogP contribution in [0.1, 0.15) is 11.4 Å². The highest BCUT2D eigenvalue weighted by atomic mass is 16.4. The number of aliphatic carboxylic acids is 1. The van der Waals surface area contributed by atoms with E-state index in [2.05, 4.69) is 30.1 Å². The molecule has 1 saturated heterocycles. The molecule has 1 atom stereocenters. The topological polar surface area (TPSA) is 123 Å². The summed E-state index contributed by atoms with van der Waals surface area (Å²) >= 11 is 0. The third kappa shape index (κ3) is 4.98. The molecule has 1 unspecified atom stereocenters. The lowest BCUT2D eigenvalue weighted by molar-refractivity contribution is -0.137. The zero-order valence-electron chi connectivity index (χ0n) is 20.8. The van der Waals surface area contributed by atoms with Gasteiger partial charge in [-0.2, -0.15) is 0 Å². The predicted octanol–water partition coefficient (Wildman–Crippen LogP) is 3.33. The maximum Gasteiger partial charge on any atom is 0.326 e. The molecule has 0 radical (unpaired) electrons. The highest BCUT2D eigenvalue weighted by Crippen LogP contribution is 2.24. The minimum atomic E-state index is -0.932. The summed E-state index contributed by atoms with van der Waals surface area (Å²) in [6.07, 6.45) is 5.71. The molecule has 0 aliphatic carbocycles. The number of benzene rings is 2. The highest BCUT2D eigenvalue weighted by Gasteiger charge is 2.23. The number of hydrogen-bond donors (Lipinski definition) is 3. The van der Waals surface area contributed by atoms with Gasteiger partial charge < -0.3 is 20.3 Å². The number of anilines is 2. The van der Waals surface area contributed by atoms with Gasteiger partial charge >= 0.3 is 5.97 Å². The number of carbonyl (C=O) groups is 1. The maximum absolute atomic E-state index is 12.3. The molecule has 1 aliphatic heterocycles. The van der Waals surface area contributed by atoms with Gasteiger partial charge in [0.1, 0.15) is 17.7 Å². The molecule has 0 bridgehead atoms. The van der Waals surface area contributed by atoms with E-state index in [-0.39, 0.29) is 0 Å². The minimum absolute atomic E-state index is 0.316. The van der Waals surface area contributed by atoms with E-state index in [1.807, 2.05) is 60.8 Å². The normalized spacial score (nSPS) is 15.1. The first-order chi connectivity index (χ1) is 18.6. The number of nitrogens with zero attached hydrogens (tertiary/aromatic N) is 6. The number of hydrogen-bond acceptors (Lipinski definition) is 8. The van der Waals surface area contributed by atoms with Crippen LogP contribution in [0.3, 0.4) is 0 Å². The molecule has 192 valence electrons. The van der Waals surface area contributed by atoms with Crippen molar-refractivity contribution in [2.75, 3.05) is 36.4 Å². The Balaban J connectivity index is 1.22. The summed E-state index contributed by atoms with van der Waals surface area (Å²) in [6, 6.07) is 16.6. The Bertz CT molecular complexity index is 1560. The minimum Gasteiger partial charge on any atom is -0.480 e. The van der Waals surface area contributed by atoms with Crippen LogP contribution in [-0.4, -0.2) is 73.1 Å². The maximum atomic E-state index is 12.3. The van der Waals surface area contributed by atoms with Crippen LogP contribution in [0.5, 0.6) is 0 Å². The van der Waals surface area contributed by atoms with Gasteiger partial charge in [0.2, 0.25) is 5.95 Å². The van der Waals surface area contributed by atoms with Gasteiger partial charge in [-0.1, -0.05) is 30.3 Å². The van der Waals surface area contributed by atoms with Gasteiger partial charge in [-0.25, -0.2) is 24.7 Å². The molecule has 10 nitrogen and oxygen atoms in total. The molecule has 1 aliphatic rings. The van der Waals surface area contributed by atoms with Gasteiger partial charge in [0.05, 0.1) is 12.1 Å². The number of para-hydroxylation sites is 2. The van der Waals surface area contributed by atoms with E-state index < -0.39 is 12.0 Å². The van der Waals surface area contributed by atoms with E-state index in [0.29, 0.717) is 24.6 Å². The standard InChI is InChI=1S/C28H28N8O2/c37-27(38)24(16-19-17-31-22-8-3-1-6-20(19)22)33-26-21-7-2-4-9-23(21)32-25(34-26)18-35-12-14-36(15-13-35)28-29-10-5-11-30-28/h1-11,17,24,31H,12-16,18H2,(H,37,38)(H,32,33,34). The van der Waals surface area contributed by atoms with E-state index >= 15 is 0 Å². The second-order valence-electron chi connectivity index (χ2n) is 9.42. The van der Waals surface area contributed by atoms with E-state index in [1.54, 1.807) is 12.4 Å². The Kier molecular flexibility index (Phi) is 6.53. The Hall–Kier alpha value is -4.57. The van der Waals surface area contributed by atoms with Crippen LogP contribution < -0.4 is 10.2 Å². The summed E-state index contributed by atoms with van der Waals surface area (Å²) in [5, 5.41) is 15.1. The molecule has 3 N–H and O–H groups in total. The first-order valence-corrected chi connectivity index (χ1v) is 12.7.